The standard InChI is InChI=1S/C19H26N4O3/c24-17(21-10-12-26-13-11-21)14-22-15-23(16-4-2-1-3-5-16)19(18(22)25)6-8-20-9-7-19/h1-5,20H,6-15H2. The number of rotatable bonds is 3. The molecule has 0 saturated carbocycles. The first-order chi connectivity index (χ1) is 12.7. The first-order valence-corrected chi connectivity index (χ1v) is 9.39. The summed E-state index contributed by atoms with van der Waals surface area (Å²) < 4.78 is 5.32. The monoisotopic (exact) mass is 358 g/mol. The van der Waals surface area contributed by atoms with E-state index in [1.165, 1.54) is 0 Å². The second-order valence-corrected chi connectivity index (χ2v) is 7.18. The van der Waals surface area contributed by atoms with E-state index in [2.05, 4.69) is 10.2 Å². The molecule has 7 heteroatoms. The van der Waals surface area contributed by atoms with E-state index in [0.717, 1.165) is 31.6 Å². The largest absolute Gasteiger partial charge is 0.378 e. The van der Waals surface area contributed by atoms with Crippen molar-refractivity contribution in [1.29, 1.82) is 0 Å². The number of piperidine rings is 1. The lowest BCUT2D eigenvalue weighted by Gasteiger charge is -2.40. The average Bonchev–Trinajstić information content (AvgIpc) is 2.96. The minimum Gasteiger partial charge on any atom is -0.378 e. The molecule has 0 atom stereocenters. The average molecular weight is 358 g/mol. The second kappa shape index (κ2) is 7.25. The number of nitrogens with one attached hydrogen (secondary N) is 1. The fourth-order valence-corrected chi connectivity index (χ4v) is 4.24. The van der Waals surface area contributed by atoms with Crippen molar-refractivity contribution in [1.82, 2.24) is 15.1 Å². The van der Waals surface area contributed by atoms with Gasteiger partial charge in [0.2, 0.25) is 11.8 Å². The van der Waals surface area contributed by atoms with Crippen molar-refractivity contribution in [3.63, 3.8) is 0 Å². The molecular weight excluding hydrogens is 332 g/mol. The van der Waals surface area contributed by atoms with Crippen LogP contribution >= 0.6 is 0 Å². The van der Waals surface area contributed by atoms with Gasteiger partial charge in [0.1, 0.15) is 12.1 Å². The van der Waals surface area contributed by atoms with E-state index < -0.39 is 5.54 Å². The van der Waals surface area contributed by atoms with Gasteiger partial charge in [-0.2, -0.15) is 0 Å². The van der Waals surface area contributed by atoms with Crippen LogP contribution in [0.2, 0.25) is 0 Å². The molecule has 1 N–H and O–H groups in total. The summed E-state index contributed by atoms with van der Waals surface area (Å²) in [4.78, 5) is 31.7. The van der Waals surface area contributed by atoms with Gasteiger partial charge >= 0.3 is 0 Å². The number of carbonyl (C=O) groups is 2. The molecule has 0 aliphatic carbocycles. The van der Waals surface area contributed by atoms with Gasteiger partial charge < -0.3 is 24.8 Å². The number of hydrogen-bond acceptors (Lipinski definition) is 5. The van der Waals surface area contributed by atoms with E-state index in [-0.39, 0.29) is 18.4 Å². The number of hydrogen-bond donors (Lipinski definition) is 1. The smallest absolute Gasteiger partial charge is 0.250 e. The summed E-state index contributed by atoms with van der Waals surface area (Å²) in [5, 5.41) is 3.35. The first-order valence-electron chi connectivity index (χ1n) is 9.39. The SMILES string of the molecule is O=C(CN1CN(c2ccccc2)C2(CCNCC2)C1=O)N1CCOCC1. The van der Waals surface area contributed by atoms with Gasteiger partial charge in [0.05, 0.1) is 19.9 Å². The molecule has 0 aromatic heterocycles. The molecule has 3 fully saturated rings. The summed E-state index contributed by atoms with van der Waals surface area (Å²) in [6, 6.07) is 10.1. The van der Waals surface area contributed by atoms with Gasteiger partial charge in [-0.1, -0.05) is 18.2 Å². The van der Waals surface area contributed by atoms with E-state index in [9.17, 15) is 9.59 Å². The predicted octanol–water partition coefficient (Wildman–Crippen LogP) is 0.274. The van der Waals surface area contributed by atoms with Crippen molar-refractivity contribution in [2.24, 2.45) is 0 Å². The Morgan fingerprint density at radius 1 is 1.12 bits per heavy atom. The highest BCUT2D eigenvalue weighted by atomic mass is 16.5. The molecule has 4 rings (SSSR count). The third-order valence-corrected chi connectivity index (χ3v) is 5.70. The third-order valence-electron chi connectivity index (χ3n) is 5.70. The van der Waals surface area contributed by atoms with Crippen LogP contribution in [0.15, 0.2) is 30.3 Å². The Morgan fingerprint density at radius 2 is 1.81 bits per heavy atom. The summed E-state index contributed by atoms with van der Waals surface area (Å²) in [6.45, 7) is 4.63. The molecule has 1 aromatic rings. The van der Waals surface area contributed by atoms with Gasteiger partial charge in [-0.25, -0.2) is 0 Å². The fraction of sp³-hybridized carbons (Fsp3) is 0.579. The molecule has 0 unspecified atom stereocenters. The van der Waals surface area contributed by atoms with E-state index >= 15 is 0 Å². The van der Waals surface area contributed by atoms with E-state index in [1.54, 1.807) is 9.80 Å². The Kier molecular flexibility index (Phi) is 4.82. The number of ether oxygens (including phenoxy) is 1. The molecule has 0 radical (unpaired) electrons. The maximum absolute atomic E-state index is 13.3. The Labute approximate surface area is 153 Å². The summed E-state index contributed by atoms with van der Waals surface area (Å²) in [7, 11) is 0. The zero-order chi connectivity index (χ0) is 18.0. The molecule has 0 bridgehead atoms. The number of anilines is 1. The quantitative estimate of drug-likeness (QED) is 0.841. The van der Waals surface area contributed by atoms with Crippen LogP contribution in [0.1, 0.15) is 12.8 Å². The minimum atomic E-state index is -0.530. The highest BCUT2D eigenvalue weighted by molar-refractivity contribution is 5.96. The number of morpholine rings is 1. The molecular formula is C19H26N4O3. The summed E-state index contributed by atoms with van der Waals surface area (Å²) in [5.41, 5.74) is 0.516. The molecule has 140 valence electrons. The molecule has 7 nitrogen and oxygen atoms in total. The normalized spacial score (nSPS) is 22.9. The highest BCUT2D eigenvalue weighted by Gasteiger charge is 2.53. The first kappa shape index (κ1) is 17.3. The molecule has 2 amide bonds. The molecule has 3 saturated heterocycles. The van der Waals surface area contributed by atoms with Crippen LogP contribution in [-0.4, -0.2) is 79.8 Å². The zero-order valence-electron chi connectivity index (χ0n) is 15.0. The van der Waals surface area contributed by atoms with Gasteiger partial charge in [0, 0.05) is 18.8 Å². The van der Waals surface area contributed by atoms with Gasteiger partial charge in [-0.05, 0) is 38.1 Å². The van der Waals surface area contributed by atoms with Gasteiger partial charge in [-0.3, -0.25) is 9.59 Å². The number of nitrogens with zero attached hydrogens (tertiary/aromatic N) is 3. The molecule has 26 heavy (non-hydrogen) atoms. The van der Waals surface area contributed by atoms with Crippen LogP contribution in [0, 0.1) is 0 Å². The van der Waals surface area contributed by atoms with Gasteiger partial charge in [0.15, 0.2) is 0 Å². The molecule has 3 aliphatic rings. The topological polar surface area (TPSA) is 65.1 Å². The van der Waals surface area contributed by atoms with E-state index in [0.29, 0.717) is 33.0 Å². The maximum Gasteiger partial charge on any atom is 0.250 e. The Balaban J connectivity index is 1.55. The maximum atomic E-state index is 13.3. The van der Waals surface area contributed by atoms with E-state index in [4.69, 9.17) is 4.74 Å². The lowest BCUT2D eigenvalue weighted by Crippen LogP contribution is -2.56. The van der Waals surface area contributed by atoms with Crippen molar-refractivity contribution in [2.45, 2.75) is 18.4 Å². The van der Waals surface area contributed by atoms with Crippen molar-refractivity contribution >= 4 is 17.5 Å². The number of amides is 2. The van der Waals surface area contributed by atoms with Crippen molar-refractivity contribution < 1.29 is 14.3 Å². The van der Waals surface area contributed by atoms with Crippen LogP contribution in [0.3, 0.4) is 0 Å². The lowest BCUT2D eigenvalue weighted by molar-refractivity contribution is -0.142. The zero-order valence-corrected chi connectivity index (χ0v) is 15.0. The van der Waals surface area contributed by atoms with Crippen molar-refractivity contribution in [3.8, 4) is 0 Å². The fourth-order valence-electron chi connectivity index (χ4n) is 4.24. The minimum absolute atomic E-state index is 0.0145. The lowest BCUT2D eigenvalue weighted by atomic mass is 9.86. The molecule has 1 aromatic carbocycles. The van der Waals surface area contributed by atoms with Gasteiger partial charge in [0.25, 0.3) is 0 Å². The number of para-hydroxylation sites is 1. The van der Waals surface area contributed by atoms with Crippen LogP contribution in [0.5, 0.6) is 0 Å². The van der Waals surface area contributed by atoms with E-state index in [1.807, 2.05) is 30.3 Å². The van der Waals surface area contributed by atoms with Crippen LogP contribution in [-0.2, 0) is 14.3 Å². The predicted molar refractivity (Wildman–Crippen MR) is 97.7 cm³/mol. The third kappa shape index (κ3) is 3.05. The Morgan fingerprint density at radius 3 is 2.50 bits per heavy atom. The van der Waals surface area contributed by atoms with Crippen LogP contribution in [0.25, 0.3) is 0 Å². The van der Waals surface area contributed by atoms with Gasteiger partial charge in [-0.15, -0.1) is 0 Å². The molecule has 1 spiro atoms. The summed E-state index contributed by atoms with van der Waals surface area (Å²) >= 11 is 0. The molecule has 3 aliphatic heterocycles. The van der Waals surface area contributed by atoms with Crippen molar-refractivity contribution in [3.05, 3.63) is 30.3 Å². The summed E-state index contributed by atoms with van der Waals surface area (Å²) in [5.74, 6) is 0.102. The number of benzene rings is 1. The Bertz CT molecular complexity index is 654. The Hall–Kier alpha value is -2.12. The second-order valence-electron chi connectivity index (χ2n) is 7.18. The highest BCUT2D eigenvalue weighted by Crippen LogP contribution is 2.37. The van der Waals surface area contributed by atoms with Crippen LogP contribution < -0.4 is 10.2 Å². The van der Waals surface area contributed by atoms with Crippen LogP contribution in [0.4, 0.5) is 5.69 Å². The van der Waals surface area contributed by atoms with Crippen molar-refractivity contribution in [2.75, 3.05) is 57.5 Å². The number of carbonyl (C=O) groups excluding carboxylic acids is 2. The summed E-state index contributed by atoms with van der Waals surface area (Å²) in [6.07, 6.45) is 1.53. The molecule has 3 heterocycles.